The first-order valence-corrected chi connectivity index (χ1v) is 11.8. The summed E-state index contributed by atoms with van der Waals surface area (Å²) >= 11 is 6.24. The van der Waals surface area contributed by atoms with E-state index in [0.29, 0.717) is 64.1 Å². The minimum absolute atomic E-state index is 0.0553. The third-order valence-corrected chi connectivity index (χ3v) is 5.69. The third-order valence-electron chi connectivity index (χ3n) is 5.45. The van der Waals surface area contributed by atoms with Gasteiger partial charge in [-0.25, -0.2) is 14.8 Å². The molecule has 1 heterocycles. The number of fused-ring (bicyclic) bond motifs is 1. The predicted octanol–water partition coefficient (Wildman–Crippen LogP) is 3.53. The molecule has 192 valence electrons. The van der Waals surface area contributed by atoms with Crippen LogP contribution in [0.4, 0.5) is 11.5 Å². The summed E-state index contributed by atoms with van der Waals surface area (Å²) in [6, 6.07) is 7.60. The smallest absolute Gasteiger partial charge is 0.326 e. The van der Waals surface area contributed by atoms with E-state index in [-0.39, 0.29) is 12.3 Å². The van der Waals surface area contributed by atoms with Crippen LogP contribution in [0.3, 0.4) is 0 Å². The Hall–Kier alpha value is -3.63. The molecular formula is C25H30ClN5O5. The number of nitrogens with two attached hydrogens (primary N) is 1. The lowest BCUT2D eigenvalue weighted by atomic mass is 10.0. The summed E-state index contributed by atoms with van der Waals surface area (Å²) in [5, 5.41) is 16.3. The van der Waals surface area contributed by atoms with Gasteiger partial charge in [0.15, 0.2) is 11.5 Å². The van der Waals surface area contributed by atoms with Gasteiger partial charge in [0.05, 0.1) is 25.7 Å². The van der Waals surface area contributed by atoms with Crippen LogP contribution in [-0.2, 0) is 16.0 Å². The monoisotopic (exact) mass is 515 g/mol. The standard InChI is InChI=1S/C25H30ClN5O5/c1-14(2)23(25(33)34)31-22(32)9-15-5-6-16(26)10-18(15)30-24-17-11-21(36-8-4-7-27)20(35-3)12-19(17)28-13-29-24/h5-6,10-14,23H,4,7-9,27H2,1-3H3,(H,31,32)(H,33,34)(H,28,29,30)/t23-/m1/s1. The lowest BCUT2D eigenvalue weighted by Crippen LogP contribution is -2.44. The molecule has 1 atom stereocenters. The molecule has 1 aromatic heterocycles. The fraction of sp³-hybridized carbons (Fsp3) is 0.360. The lowest BCUT2D eigenvalue weighted by Gasteiger charge is -2.19. The van der Waals surface area contributed by atoms with E-state index in [2.05, 4.69) is 20.6 Å². The Morgan fingerprint density at radius 3 is 2.61 bits per heavy atom. The quantitative estimate of drug-likeness (QED) is 0.266. The summed E-state index contributed by atoms with van der Waals surface area (Å²) in [7, 11) is 1.55. The van der Waals surface area contributed by atoms with Crippen molar-refractivity contribution in [3.63, 3.8) is 0 Å². The van der Waals surface area contributed by atoms with Crippen LogP contribution >= 0.6 is 11.6 Å². The first-order valence-electron chi connectivity index (χ1n) is 11.5. The van der Waals surface area contributed by atoms with Crippen LogP contribution in [0.15, 0.2) is 36.7 Å². The zero-order valence-corrected chi connectivity index (χ0v) is 21.1. The third kappa shape index (κ3) is 6.73. The van der Waals surface area contributed by atoms with Gasteiger partial charge < -0.3 is 30.9 Å². The van der Waals surface area contributed by atoms with Crippen LogP contribution in [0.2, 0.25) is 5.02 Å². The van der Waals surface area contributed by atoms with Crippen molar-refractivity contribution in [1.29, 1.82) is 0 Å². The Kier molecular flexibility index (Phi) is 9.26. The number of aromatic nitrogens is 2. The molecule has 11 heteroatoms. The Morgan fingerprint density at radius 2 is 1.94 bits per heavy atom. The van der Waals surface area contributed by atoms with Crippen molar-refractivity contribution >= 4 is 45.9 Å². The maximum Gasteiger partial charge on any atom is 0.326 e. The molecule has 2 aromatic carbocycles. The second-order valence-electron chi connectivity index (χ2n) is 8.46. The van der Waals surface area contributed by atoms with E-state index in [9.17, 15) is 14.7 Å². The van der Waals surface area contributed by atoms with Gasteiger partial charge in [-0.05, 0) is 42.6 Å². The van der Waals surface area contributed by atoms with Gasteiger partial charge >= 0.3 is 5.97 Å². The molecule has 3 aromatic rings. The molecule has 0 fully saturated rings. The molecule has 0 unspecified atom stereocenters. The number of methoxy groups -OCH3 is 1. The summed E-state index contributed by atoms with van der Waals surface area (Å²) in [6.07, 6.45) is 2.04. The van der Waals surface area contributed by atoms with E-state index in [0.717, 1.165) is 0 Å². The van der Waals surface area contributed by atoms with Gasteiger partial charge in [-0.3, -0.25) is 4.79 Å². The Bertz CT molecular complexity index is 1240. The van der Waals surface area contributed by atoms with E-state index in [4.69, 9.17) is 26.8 Å². The molecule has 1 amide bonds. The normalized spacial score (nSPS) is 11.8. The van der Waals surface area contributed by atoms with Gasteiger partial charge in [-0.2, -0.15) is 0 Å². The van der Waals surface area contributed by atoms with E-state index in [1.54, 1.807) is 51.3 Å². The fourth-order valence-electron chi connectivity index (χ4n) is 3.56. The van der Waals surface area contributed by atoms with E-state index < -0.39 is 17.9 Å². The number of carboxylic acid groups (broad SMARTS) is 1. The number of carboxylic acids is 1. The number of anilines is 2. The Labute approximate surface area is 214 Å². The molecule has 0 saturated heterocycles. The molecule has 0 aliphatic rings. The number of hydrogen-bond acceptors (Lipinski definition) is 8. The molecule has 0 aliphatic carbocycles. The average molecular weight is 516 g/mol. The first kappa shape index (κ1) is 27.0. The predicted molar refractivity (Wildman–Crippen MR) is 138 cm³/mol. The number of amides is 1. The minimum atomic E-state index is -1.08. The minimum Gasteiger partial charge on any atom is -0.493 e. The van der Waals surface area contributed by atoms with Crippen molar-refractivity contribution in [3.8, 4) is 11.5 Å². The van der Waals surface area contributed by atoms with Crippen molar-refractivity contribution in [2.45, 2.75) is 32.7 Å². The van der Waals surface area contributed by atoms with E-state index in [1.807, 2.05) is 0 Å². The number of carbonyl (C=O) groups excluding carboxylic acids is 1. The number of nitrogens with zero attached hydrogens (tertiary/aromatic N) is 2. The highest BCUT2D eigenvalue weighted by molar-refractivity contribution is 6.31. The maximum atomic E-state index is 12.7. The summed E-state index contributed by atoms with van der Waals surface area (Å²) in [5.41, 5.74) is 7.36. The van der Waals surface area contributed by atoms with Crippen LogP contribution < -0.4 is 25.8 Å². The number of ether oxygens (including phenoxy) is 2. The van der Waals surface area contributed by atoms with Gasteiger partial charge in [-0.15, -0.1) is 0 Å². The number of halogens is 1. The second kappa shape index (κ2) is 12.4. The number of aliphatic carboxylic acids is 1. The van der Waals surface area contributed by atoms with Crippen molar-refractivity contribution in [3.05, 3.63) is 47.2 Å². The highest BCUT2D eigenvalue weighted by Crippen LogP contribution is 2.35. The van der Waals surface area contributed by atoms with Gasteiger partial charge in [0.2, 0.25) is 5.91 Å². The fourth-order valence-corrected chi connectivity index (χ4v) is 3.73. The summed E-state index contributed by atoms with van der Waals surface area (Å²) < 4.78 is 11.3. The maximum absolute atomic E-state index is 12.7. The summed E-state index contributed by atoms with van der Waals surface area (Å²) in [6.45, 7) is 4.40. The molecule has 36 heavy (non-hydrogen) atoms. The zero-order chi connectivity index (χ0) is 26.2. The van der Waals surface area contributed by atoms with Gasteiger partial charge in [-0.1, -0.05) is 31.5 Å². The summed E-state index contributed by atoms with van der Waals surface area (Å²) in [5.74, 6) is -0.243. The van der Waals surface area contributed by atoms with Crippen LogP contribution in [-0.4, -0.2) is 53.3 Å². The van der Waals surface area contributed by atoms with E-state index >= 15 is 0 Å². The molecule has 0 aliphatic heterocycles. The van der Waals surface area contributed by atoms with E-state index in [1.165, 1.54) is 6.33 Å². The van der Waals surface area contributed by atoms with Crippen molar-refractivity contribution in [1.82, 2.24) is 15.3 Å². The van der Waals surface area contributed by atoms with Crippen molar-refractivity contribution in [2.24, 2.45) is 11.7 Å². The van der Waals surface area contributed by atoms with Crippen LogP contribution in [0.25, 0.3) is 10.9 Å². The highest BCUT2D eigenvalue weighted by Gasteiger charge is 2.24. The summed E-state index contributed by atoms with van der Waals surface area (Å²) in [4.78, 5) is 32.9. The molecule has 0 bridgehead atoms. The largest absolute Gasteiger partial charge is 0.493 e. The van der Waals surface area contributed by atoms with Crippen molar-refractivity contribution < 1.29 is 24.2 Å². The van der Waals surface area contributed by atoms with Gasteiger partial charge in [0, 0.05) is 22.2 Å². The molecule has 3 rings (SSSR count). The van der Waals surface area contributed by atoms with Gasteiger partial charge in [0.25, 0.3) is 0 Å². The molecule has 5 N–H and O–H groups in total. The number of carbonyl (C=O) groups is 2. The Balaban J connectivity index is 1.93. The number of rotatable bonds is 12. The highest BCUT2D eigenvalue weighted by atomic mass is 35.5. The average Bonchev–Trinajstić information content (AvgIpc) is 2.84. The molecule has 0 radical (unpaired) electrons. The second-order valence-corrected chi connectivity index (χ2v) is 8.90. The molecule has 10 nitrogen and oxygen atoms in total. The Morgan fingerprint density at radius 1 is 1.17 bits per heavy atom. The zero-order valence-electron chi connectivity index (χ0n) is 20.4. The number of hydrogen-bond donors (Lipinski definition) is 4. The molecular weight excluding hydrogens is 486 g/mol. The number of nitrogens with one attached hydrogen (secondary N) is 2. The SMILES string of the molecule is COc1cc2ncnc(Nc3cc(Cl)ccc3CC(=O)N[C@@H](C(=O)O)C(C)C)c2cc1OCCCN. The number of benzene rings is 2. The molecule has 0 saturated carbocycles. The van der Waals surface area contributed by atoms with Gasteiger partial charge in [0.1, 0.15) is 18.2 Å². The van der Waals surface area contributed by atoms with Crippen LogP contribution in [0.5, 0.6) is 11.5 Å². The lowest BCUT2D eigenvalue weighted by molar-refractivity contribution is -0.143. The van der Waals surface area contributed by atoms with Crippen molar-refractivity contribution in [2.75, 3.05) is 25.6 Å². The van der Waals surface area contributed by atoms with Crippen LogP contribution in [0.1, 0.15) is 25.8 Å². The molecule has 0 spiro atoms. The van der Waals surface area contributed by atoms with Crippen LogP contribution in [0, 0.1) is 5.92 Å². The topological polar surface area (TPSA) is 149 Å². The first-order chi connectivity index (χ1) is 17.2.